The van der Waals surface area contributed by atoms with Gasteiger partial charge in [0.25, 0.3) is 0 Å². The molecule has 0 fully saturated rings. The summed E-state index contributed by atoms with van der Waals surface area (Å²) in [5.74, 6) is 1.48. The van der Waals surface area contributed by atoms with E-state index < -0.39 is 0 Å². The Hall–Kier alpha value is -3.35. The van der Waals surface area contributed by atoms with E-state index in [1.807, 2.05) is 12.1 Å². The quantitative estimate of drug-likeness (QED) is 0.686. The Bertz CT molecular complexity index is 943. The van der Waals surface area contributed by atoms with Gasteiger partial charge < -0.3 is 19.9 Å². The highest BCUT2D eigenvalue weighted by molar-refractivity contribution is 5.89. The third kappa shape index (κ3) is 4.88. The van der Waals surface area contributed by atoms with Crippen LogP contribution >= 0.6 is 0 Å². The van der Waals surface area contributed by atoms with E-state index in [1.165, 1.54) is 5.56 Å². The van der Waals surface area contributed by atoms with E-state index >= 15 is 0 Å². The zero-order chi connectivity index (χ0) is 20.1. The van der Waals surface area contributed by atoms with Crippen molar-refractivity contribution in [2.24, 2.45) is 0 Å². The second kappa shape index (κ2) is 8.12. The Balaban J connectivity index is 1.57. The van der Waals surface area contributed by atoms with Crippen LogP contribution < -0.4 is 15.4 Å². The van der Waals surface area contributed by atoms with Crippen molar-refractivity contribution in [2.75, 3.05) is 12.4 Å². The van der Waals surface area contributed by atoms with Crippen LogP contribution in [0.1, 0.15) is 32.2 Å². The second-order valence-electron chi connectivity index (χ2n) is 7.38. The summed E-state index contributed by atoms with van der Waals surface area (Å²) in [6.07, 6.45) is 0. The molecule has 0 atom stereocenters. The largest absolute Gasteiger partial charge is 0.497 e. The summed E-state index contributed by atoms with van der Waals surface area (Å²) in [7, 11) is 1.57. The van der Waals surface area contributed by atoms with Gasteiger partial charge in [-0.1, -0.05) is 56.3 Å². The summed E-state index contributed by atoms with van der Waals surface area (Å²) in [6, 6.07) is 14.8. The molecule has 1 aromatic heterocycles. The highest BCUT2D eigenvalue weighted by atomic mass is 16.5. The zero-order valence-corrected chi connectivity index (χ0v) is 16.4. The fourth-order valence-corrected chi connectivity index (χ4v) is 2.60. The van der Waals surface area contributed by atoms with Gasteiger partial charge in [-0.3, -0.25) is 0 Å². The molecule has 146 valence electrons. The van der Waals surface area contributed by atoms with Gasteiger partial charge >= 0.3 is 6.03 Å². The molecule has 0 radical (unpaired) electrons. The van der Waals surface area contributed by atoms with Crippen molar-refractivity contribution >= 4 is 11.7 Å². The number of methoxy groups -OCH3 is 1. The molecule has 2 amide bonds. The first kappa shape index (κ1) is 19.4. The highest BCUT2D eigenvalue weighted by Crippen LogP contribution is 2.25. The lowest BCUT2D eigenvalue weighted by Crippen LogP contribution is -2.28. The topological polar surface area (TPSA) is 89.3 Å². The molecule has 2 aromatic carbocycles. The van der Waals surface area contributed by atoms with Crippen LogP contribution in [0.4, 0.5) is 10.5 Å². The van der Waals surface area contributed by atoms with Gasteiger partial charge in [-0.2, -0.15) is 4.98 Å². The van der Waals surface area contributed by atoms with Crippen molar-refractivity contribution < 1.29 is 14.1 Å². The molecule has 0 unspecified atom stereocenters. The number of nitrogens with zero attached hydrogens (tertiary/aromatic N) is 2. The van der Waals surface area contributed by atoms with Gasteiger partial charge in [0.2, 0.25) is 11.7 Å². The Kier molecular flexibility index (Phi) is 5.63. The molecule has 0 saturated heterocycles. The number of carbonyl (C=O) groups excluding carboxylic acids is 1. The molecule has 0 spiro atoms. The van der Waals surface area contributed by atoms with Gasteiger partial charge in [0.1, 0.15) is 5.75 Å². The van der Waals surface area contributed by atoms with E-state index in [9.17, 15) is 4.79 Å². The molecule has 0 aliphatic rings. The molecule has 1 heterocycles. The minimum atomic E-state index is -0.373. The predicted molar refractivity (Wildman–Crippen MR) is 107 cm³/mol. The van der Waals surface area contributed by atoms with E-state index in [0.29, 0.717) is 23.2 Å². The first-order valence-corrected chi connectivity index (χ1v) is 8.97. The standard InChI is InChI=1S/C21H24N4O3/c1-21(2,3)15-10-8-14(9-11-15)19-24-18(28-25-19)13-22-20(26)23-16-6-5-7-17(12-16)27-4/h5-12H,13H2,1-4H3,(H2,22,23,26). The number of rotatable bonds is 5. The predicted octanol–water partition coefficient (Wildman–Crippen LogP) is 4.36. The summed E-state index contributed by atoms with van der Waals surface area (Å²) < 4.78 is 10.4. The number of amides is 2. The van der Waals surface area contributed by atoms with E-state index in [4.69, 9.17) is 9.26 Å². The smallest absolute Gasteiger partial charge is 0.319 e. The van der Waals surface area contributed by atoms with Crippen LogP contribution in [0, 0.1) is 0 Å². The van der Waals surface area contributed by atoms with Crippen LogP contribution in [0.15, 0.2) is 53.1 Å². The van der Waals surface area contributed by atoms with Gasteiger partial charge in [0.05, 0.1) is 13.7 Å². The Morgan fingerprint density at radius 1 is 1.14 bits per heavy atom. The fraction of sp³-hybridized carbons (Fsp3) is 0.286. The van der Waals surface area contributed by atoms with Crippen molar-refractivity contribution in [3.05, 3.63) is 60.0 Å². The van der Waals surface area contributed by atoms with Crippen LogP contribution in [0.25, 0.3) is 11.4 Å². The maximum Gasteiger partial charge on any atom is 0.319 e. The van der Waals surface area contributed by atoms with Gasteiger partial charge in [-0.05, 0) is 23.1 Å². The Morgan fingerprint density at radius 3 is 2.57 bits per heavy atom. The fourth-order valence-electron chi connectivity index (χ4n) is 2.60. The Labute approximate surface area is 164 Å². The SMILES string of the molecule is COc1cccc(NC(=O)NCc2nc(-c3ccc(C(C)(C)C)cc3)no2)c1. The monoisotopic (exact) mass is 380 g/mol. The molecular weight excluding hydrogens is 356 g/mol. The number of urea groups is 1. The molecule has 7 nitrogen and oxygen atoms in total. The summed E-state index contributed by atoms with van der Waals surface area (Å²) >= 11 is 0. The number of aromatic nitrogens is 2. The second-order valence-corrected chi connectivity index (χ2v) is 7.38. The number of ether oxygens (including phenoxy) is 1. The van der Waals surface area contributed by atoms with Crippen molar-refractivity contribution in [3.8, 4) is 17.1 Å². The van der Waals surface area contributed by atoms with E-state index in [2.05, 4.69) is 53.7 Å². The number of hydrogen-bond acceptors (Lipinski definition) is 5. The van der Waals surface area contributed by atoms with Gasteiger partial charge in [0, 0.05) is 17.3 Å². The van der Waals surface area contributed by atoms with Crippen LogP contribution in [0.5, 0.6) is 5.75 Å². The molecule has 28 heavy (non-hydrogen) atoms. The third-order valence-electron chi connectivity index (χ3n) is 4.20. The minimum absolute atomic E-state index is 0.0843. The normalized spacial score (nSPS) is 11.1. The first-order chi connectivity index (χ1) is 13.3. The third-order valence-corrected chi connectivity index (χ3v) is 4.20. The van der Waals surface area contributed by atoms with E-state index in [1.54, 1.807) is 31.4 Å². The first-order valence-electron chi connectivity index (χ1n) is 8.97. The number of hydrogen-bond donors (Lipinski definition) is 2. The molecule has 0 saturated carbocycles. The number of anilines is 1. The number of nitrogens with one attached hydrogen (secondary N) is 2. The maximum absolute atomic E-state index is 12.0. The average molecular weight is 380 g/mol. The van der Waals surface area contributed by atoms with Crippen LogP contribution in [0.3, 0.4) is 0 Å². The van der Waals surface area contributed by atoms with Crippen LogP contribution in [-0.4, -0.2) is 23.3 Å². The van der Waals surface area contributed by atoms with E-state index in [-0.39, 0.29) is 18.0 Å². The maximum atomic E-state index is 12.0. The number of benzene rings is 2. The lowest BCUT2D eigenvalue weighted by molar-refractivity contribution is 0.249. The Morgan fingerprint density at radius 2 is 1.89 bits per heavy atom. The summed E-state index contributed by atoms with van der Waals surface area (Å²) in [4.78, 5) is 16.4. The molecular formula is C21H24N4O3. The minimum Gasteiger partial charge on any atom is -0.497 e. The molecule has 0 aliphatic heterocycles. The average Bonchev–Trinajstić information content (AvgIpc) is 3.15. The van der Waals surface area contributed by atoms with Crippen molar-refractivity contribution in [2.45, 2.75) is 32.7 Å². The summed E-state index contributed by atoms with van der Waals surface area (Å²) in [5, 5.41) is 9.41. The van der Waals surface area contributed by atoms with Gasteiger partial charge in [-0.25, -0.2) is 4.79 Å². The number of carbonyl (C=O) groups is 1. The molecule has 0 aliphatic carbocycles. The lowest BCUT2D eigenvalue weighted by Gasteiger charge is -2.18. The van der Waals surface area contributed by atoms with Crippen molar-refractivity contribution in [3.63, 3.8) is 0 Å². The molecule has 0 bridgehead atoms. The van der Waals surface area contributed by atoms with Crippen LogP contribution in [-0.2, 0) is 12.0 Å². The van der Waals surface area contributed by atoms with Crippen LogP contribution in [0.2, 0.25) is 0 Å². The molecule has 7 heteroatoms. The van der Waals surface area contributed by atoms with Gasteiger partial charge in [0.15, 0.2) is 0 Å². The van der Waals surface area contributed by atoms with Crippen molar-refractivity contribution in [1.82, 2.24) is 15.5 Å². The lowest BCUT2D eigenvalue weighted by atomic mass is 9.87. The molecule has 3 aromatic rings. The zero-order valence-electron chi connectivity index (χ0n) is 16.4. The van der Waals surface area contributed by atoms with E-state index in [0.717, 1.165) is 5.56 Å². The molecule has 2 N–H and O–H groups in total. The summed E-state index contributed by atoms with van der Waals surface area (Å²) in [6.45, 7) is 6.62. The summed E-state index contributed by atoms with van der Waals surface area (Å²) in [5.41, 5.74) is 2.81. The van der Waals surface area contributed by atoms with Crippen molar-refractivity contribution in [1.29, 1.82) is 0 Å². The highest BCUT2D eigenvalue weighted by Gasteiger charge is 2.15. The van der Waals surface area contributed by atoms with Gasteiger partial charge in [-0.15, -0.1) is 0 Å². The molecule has 3 rings (SSSR count).